The second-order valence-electron chi connectivity index (χ2n) is 8.27. The molecule has 0 spiro atoms. The van der Waals surface area contributed by atoms with Gasteiger partial charge in [-0.25, -0.2) is 17.9 Å². The minimum Gasteiger partial charge on any atom is -0.497 e. The number of nitrogens with zero attached hydrogens (tertiary/aromatic N) is 1. The van der Waals surface area contributed by atoms with Gasteiger partial charge in [-0.3, -0.25) is 4.90 Å². The van der Waals surface area contributed by atoms with Gasteiger partial charge in [0.05, 0.1) is 25.4 Å². The number of amides is 1. The molecule has 0 bridgehead atoms. The maximum Gasteiger partial charge on any atom is 0.411 e. The topological polar surface area (TPSA) is 84.9 Å². The molecular weight excluding hydrogens is 404 g/mol. The highest BCUT2D eigenvalue weighted by atomic mass is 32.2. The monoisotopic (exact) mass is 432 g/mol. The normalized spacial score (nSPS) is 16.3. The fraction of sp³-hybridized carbons (Fsp3) is 0.409. The van der Waals surface area contributed by atoms with Gasteiger partial charge < -0.3 is 9.47 Å². The molecule has 1 unspecified atom stereocenters. The van der Waals surface area contributed by atoms with Gasteiger partial charge in [-0.2, -0.15) is 0 Å². The van der Waals surface area contributed by atoms with Crippen molar-refractivity contribution >= 4 is 16.1 Å². The molecule has 3 rings (SSSR count). The number of sulfonamides is 1. The molecular formula is C22H28N2O5S. The van der Waals surface area contributed by atoms with Crippen LogP contribution in [-0.2, 0) is 27.8 Å². The Balaban J connectivity index is 1.75. The number of fused-ring (bicyclic) bond motifs is 1. The van der Waals surface area contributed by atoms with Gasteiger partial charge in [0, 0.05) is 6.54 Å². The van der Waals surface area contributed by atoms with Gasteiger partial charge in [0.25, 0.3) is 0 Å². The van der Waals surface area contributed by atoms with E-state index < -0.39 is 27.8 Å². The molecule has 1 amide bonds. The summed E-state index contributed by atoms with van der Waals surface area (Å²) in [5, 5.41) is 0. The quantitative estimate of drug-likeness (QED) is 0.754. The zero-order chi connectivity index (χ0) is 21.9. The second-order valence-corrected chi connectivity index (χ2v) is 10.1. The first-order valence-electron chi connectivity index (χ1n) is 9.76. The molecule has 2 aromatic carbocycles. The Morgan fingerprint density at radius 3 is 2.43 bits per heavy atom. The summed E-state index contributed by atoms with van der Waals surface area (Å²) in [6.45, 7) is 5.85. The molecule has 8 heteroatoms. The summed E-state index contributed by atoms with van der Waals surface area (Å²) < 4.78 is 38.9. The van der Waals surface area contributed by atoms with E-state index >= 15 is 0 Å². The van der Waals surface area contributed by atoms with Crippen LogP contribution in [0, 0.1) is 0 Å². The summed E-state index contributed by atoms with van der Waals surface area (Å²) in [4.78, 5) is 14.2. The molecule has 0 aromatic heterocycles. The molecule has 7 nitrogen and oxygen atoms in total. The van der Waals surface area contributed by atoms with Crippen molar-refractivity contribution in [1.82, 2.24) is 9.62 Å². The highest BCUT2D eigenvalue weighted by molar-refractivity contribution is 7.89. The van der Waals surface area contributed by atoms with E-state index in [0.29, 0.717) is 12.3 Å². The van der Waals surface area contributed by atoms with E-state index in [1.807, 2.05) is 24.3 Å². The van der Waals surface area contributed by atoms with Crippen LogP contribution in [0.4, 0.5) is 4.79 Å². The molecule has 2 aromatic rings. The van der Waals surface area contributed by atoms with Crippen LogP contribution in [0.25, 0.3) is 0 Å². The number of methoxy groups -OCH3 is 1. The molecule has 0 radical (unpaired) electrons. The number of benzene rings is 2. The molecule has 0 fully saturated rings. The number of hydrogen-bond acceptors (Lipinski definition) is 5. The van der Waals surface area contributed by atoms with Gasteiger partial charge in [0.2, 0.25) is 10.0 Å². The number of ether oxygens (including phenoxy) is 2. The minimum absolute atomic E-state index is 0.160. The number of carbonyl (C=O) groups is 1. The van der Waals surface area contributed by atoms with Crippen LogP contribution in [0.1, 0.15) is 43.5 Å². The van der Waals surface area contributed by atoms with E-state index in [-0.39, 0.29) is 12.3 Å². The number of rotatable bonds is 6. The van der Waals surface area contributed by atoms with Crippen molar-refractivity contribution in [3.8, 4) is 5.75 Å². The SMILES string of the molecule is COc1ccc(CNS(=O)(=O)CC2c3ccccc3CN2C(=O)OC(C)(C)C)cc1. The average Bonchev–Trinajstić information content (AvgIpc) is 3.04. The van der Waals surface area contributed by atoms with Gasteiger partial charge in [-0.05, 0) is 49.6 Å². The maximum atomic E-state index is 12.8. The average molecular weight is 433 g/mol. The van der Waals surface area contributed by atoms with Crippen molar-refractivity contribution in [2.45, 2.75) is 45.5 Å². The molecule has 1 N–H and O–H groups in total. The molecule has 30 heavy (non-hydrogen) atoms. The summed E-state index contributed by atoms with van der Waals surface area (Å²) in [7, 11) is -2.09. The molecule has 0 saturated heterocycles. The Labute approximate surface area is 178 Å². The van der Waals surface area contributed by atoms with Gasteiger partial charge in [-0.1, -0.05) is 36.4 Å². The third kappa shape index (κ3) is 5.52. The highest BCUT2D eigenvalue weighted by Crippen LogP contribution is 2.35. The number of nitrogens with one attached hydrogen (secondary N) is 1. The van der Waals surface area contributed by atoms with Crippen molar-refractivity contribution in [2.24, 2.45) is 0 Å². The highest BCUT2D eigenvalue weighted by Gasteiger charge is 2.38. The third-order valence-electron chi connectivity index (χ3n) is 4.79. The number of hydrogen-bond donors (Lipinski definition) is 1. The van der Waals surface area contributed by atoms with Gasteiger partial charge in [0.1, 0.15) is 11.4 Å². The molecule has 1 aliphatic heterocycles. The van der Waals surface area contributed by atoms with E-state index in [0.717, 1.165) is 16.7 Å². The van der Waals surface area contributed by atoms with Gasteiger partial charge in [0.15, 0.2) is 0 Å². The summed E-state index contributed by atoms with van der Waals surface area (Å²) in [6, 6.07) is 14.1. The van der Waals surface area contributed by atoms with E-state index in [2.05, 4.69) is 4.72 Å². The molecule has 1 atom stereocenters. The predicted octanol–water partition coefficient (Wildman–Crippen LogP) is 3.61. The fourth-order valence-electron chi connectivity index (χ4n) is 3.36. The summed E-state index contributed by atoms with van der Waals surface area (Å²) in [5.74, 6) is 0.469. The van der Waals surface area contributed by atoms with Crippen LogP contribution in [-0.4, -0.2) is 37.9 Å². The first-order chi connectivity index (χ1) is 14.1. The lowest BCUT2D eigenvalue weighted by molar-refractivity contribution is 0.0190. The maximum absolute atomic E-state index is 12.8. The molecule has 0 aliphatic carbocycles. The van der Waals surface area contributed by atoms with E-state index in [4.69, 9.17) is 9.47 Å². The second kappa shape index (κ2) is 8.65. The summed E-state index contributed by atoms with van der Waals surface area (Å²) >= 11 is 0. The van der Waals surface area contributed by atoms with Crippen molar-refractivity contribution in [3.05, 3.63) is 65.2 Å². The summed E-state index contributed by atoms with van der Waals surface area (Å²) in [5.41, 5.74) is 1.91. The summed E-state index contributed by atoms with van der Waals surface area (Å²) in [6.07, 6.45) is -0.519. The Morgan fingerprint density at radius 1 is 1.13 bits per heavy atom. The molecule has 0 saturated carbocycles. The third-order valence-corrected chi connectivity index (χ3v) is 6.13. The Morgan fingerprint density at radius 2 is 1.80 bits per heavy atom. The van der Waals surface area contributed by atoms with Crippen molar-refractivity contribution in [1.29, 1.82) is 0 Å². The zero-order valence-corrected chi connectivity index (χ0v) is 18.5. The first kappa shape index (κ1) is 22.1. The van der Waals surface area contributed by atoms with E-state index in [1.54, 1.807) is 52.1 Å². The van der Waals surface area contributed by atoms with E-state index in [1.165, 1.54) is 4.90 Å². The van der Waals surface area contributed by atoms with Gasteiger partial charge >= 0.3 is 6.09 Å². The van der Waals surface area contributed by atoms with E-state index in [9.17, 15) is 13.2 Å². The van der Waals surface area contributed by atoms with Crippen molar-refractivity contribution < 1.29 is 22.7 Å². The Kier molecular flexibility index (Phi) is 6.38. The molecule has 1 heterocycles. The fourth-order valence-corrected chi connectivity index (χ4v) is 4.64. The molecule has 1 aliphatic rings. The van der Waals surface area contributed by atoms with Crippen LogP contribution >= 0.6 is 0 Å². The van der Waals surface area contributed by atoms with Crippen molar-refractivity contribution in [2.75, 3.05) is 12.9 Å². The van der Waals surface area contributed by atoms with Crippen LogP contribution < -0.4 is 9.46 Å². The smallest absolute Gasteiger partial charge is 0.411 e. The Hall–Kier alpha value is -2.58. The largest absolute Gasteiger partial charge is 0.497 e. The lowest BCUT2D eigenvalue weighted by Gasteiger charge is -2.28. The van der Waals surface area contributed by atoms with Crippen LogP contribution in [0.5, 0.6) is 5.75 Å². The number of carbonyl (C=O) groups excluding carboxylic acids is 1. The lowest BCUT2D eigenvalue weighted by atomic mass is 10.1. The van der Waals surface area contributed by atoms with Crippen LogP contribution in [0.15, 0.2) is 48.5 Å². The van der Waals surface area contributed by atoms with Crippen molar-refractivity contribution in [3.63, 3.8) is 0 Å². The van der Waals surface area contributed by atoms with Gasteiger partial charge in [-0.15, -0.1) is 0 Å². The molecule has 162 valence electrons. The Bertz CT molecular complexity index is 997. The zero-order valence-electron chi connectivity index (χ0n) is 17.7. The minimum atomic E-state index is -3.66. The lowest BCUT2D eigenvalue weighted by Crippen LogP contribution is -2.39. The van der Waals surface area contributed by atoms with Crippen LogP contribution in [0.3, 0.4) is 0 Å². The predicted molar refractivity (Wildman–Crippen MR) is 115 cm³/mol. The van der Waals surface area contributed by atoms with Crippen LogP contribution in [0.2, 0.25) is 0 Å². The standard InChI is InChI=1S/C22H28N2O5S/c1-22(2,3)29-21(25)24-14-17-7-5-6-8-19(17)20(24)15-30(26,27)23-13-16-9-11-18(28-4)12-10-16/h5-12,20,23H,13-15H2,1-4H3. The first-order valence-corrected chi connectivity index (χ1v) is 11.4.